The molecule has 0 aliphatic heterocycles. The van der Waals surface area contributed by atoms with E-state index in [4.69, 9.17) is 28.9 Å². The van der Waals surface area contributed by atoms with Crippen molar-refractivity contribution in [3.8, 4) is 0 Å². The molecule has 0 aromatic heterocycles. The smallest absolute Gasteiger partial charge is 0.0595 e. The Morgan fingerprint density at radius 2 is 2.00 bits per heavy atom. The minimum absolute atomic E-state index is 0.227. The number of hydrogen-bond acceptors (Lipinski definition) is 1. The van der Waals surface area contributed by atoms with Gasteiger partial charge in [0.25, 0.3) is 0 Å². The molecular formula is C13H17Cl2N. The predicted molar refractivity (Wildman–Crippen MR) is 70.0 cm³/mol. The van der Waals surface area contributed by atoms with Crippen LogP contribution in [0.2, 0.25) is 10.0 Å². The van der Waals surface area contributed by atoms with E-state index in [0.717, 1.165) is 12.3 Å². The zero-order valence-corrected chi connectivity index (χ0v) is 10.9. The fraction of sp³-hybridized carbons (Fsp3) is 0.538. The van der Waals surface area contributed by atoms with E-state index in [1.807, 2.05) is 18.2 Å². The second-order valence-corrected chi connectivity index (χ2v) is 5.63. The van der Waals surface area contributed by atoms with Crippen molar-refractivity contribution in [1.82, 2.24) is 0 Å². The minimum Gasteiger partial charge on any atom is -0.327 e. The zero-order chi connectivity index (χ0) is 11.7. The highest BCUT2D eigenvalue weighted by Gasteiger charge is 2.31. The van der Waals surface area contributed by atoms with Gasteiger partial charge in [-0.2, -0.15) is 0 Å². The van der Waals surface area contributed by atoms with E-state index in [2.05, 4.69) is 6.92 Å². The van der Waals surface area contributed by atoms with Crippen LogP contribution in [0.25, 0.3) is 0 Å². The van der Waals surface area contributed by atoms with Crippen molar-refractivity contribution < 1.29 is 0 Å². The molecule has 3 heteroatoms. The van der Waals surface area contributed by atoms with Crippen LogP contribution in [0.15, 0.2) is 18.2 Å². The van der Waals surface area contributed by atoms with Gasteiger partial charge in [-0.05, 0) is 48.8 Å². The average molecular weight is 258 g/mol. The summed E-state index contributed by atoms with van der Waals surface area (Å²) in [6.45, 7) is 2.25. The van der Waals surface area contributed by atoms with Crippen molar-refractivity contribution in [3.05, 3.63) is 33.8 Å². The lowest BCUT2D eigenvalue weighted by Crippen LogP contribution is -2.31. The average Bonchev–Trinajstić information content (AvgIpc) is 3.06. The molecule has 1 aliphatic carbocycles. The van der Waals surface area contributed by atoms with Gasteiger partial charge in [0.2, 0.25) is 0 Å². The molecular weight excluding hydrogens is 241 g/mol. The van der Waals surface area contributed by atoms with Gasteiger partial charge in [-0.15, -0.1) is 0 Å². The summed E-state index contributed by atoms with van der Waals surface area (Å²) in [4.78, 5) is 0. The summed E-state index contributed by atoms with van der Waals surface area (Å²) in [5.41, 5.74) is 7.38. The van der Waals surface area contributed by atoms with Crippen molar-refractivity contribution in [1.29, 1.82) is 0 Å². The van der Waals surface area contributed by atoms with Crippen molar-refractivity contribution in [3.63, 3.8) is 0 Å². The molecule has 0 amide bonds. The summed E-state index contributed by atoms with van der Waals surface area (Å²) in [6, 6.07) is 6.00. The maximum absolute atomic E-state index is 6.20. The number of halogens is 2. The Labute approximate surface area is 107 Å². The predicted octanol–water partition coefficient (Wildman–Crippen LogP) is 3.91. The van der Waals surface area contributed by atoms with Crippen LogP contribution in [0.5, 0.6) is 0 Å². The first-order valence-electron chi connectivity index (χ1n) is 5.77. The van der Waals surface area contributed by atoms with Gasteiger partial charge in [-0.25, -0.2) is 0 Å². The molecule has 88 valence electrons. The van der Waals surface area contributed by atoms with Gasteiger partial charge in [0, 0.05) is 6.04 Å². The third kappa shape index (κ3) is 2.91. The number of benzene rings is 1. The Balaban J connectivity index is 1.99. The fourth-order valence-corrected chi connectivity index (χ4v) is 2.42. The van der Waals surface area contributed by atoms with Crippen LogP contribution in [0.4, 0.5) is 0 Å². The largest absolute Gasteiger partial charge is 0.327 e. The molecule has 2 atom stereocenters. The van der Waals surface area contributed by atoms with E-state index in [0.29, 0.717) is 16.0 Å². The fourth-order valence-electron chi connectivity index (χ4n) is 2.10. The first kappa shape index (κ1) is 12.2. The third-order valence-electron chi connectivity index (χ3n) is 3.50. The topological polar surface area (TPSA) is 26.0 Å². The van der Waals surface area contributed by atoms with Crippen LogP contribution in [0, 0.1) is 11.8 Å². The molecule has 1 aliphatic rings. The van der Waals surface area contributed by atoms with Crippen LogP contribution in [-0.2, 0) is 6.42 Å². The first-order valence-corrected chi connectivity index (χ1v) is 6.53. The summed E-state index contributed by atoms with van der Waals surface area (Å²) in [6.07, 6.45) is 3.57. The van der Waals surface area contributed by atoms with E-state index in [-0.39, 0.29) is 6.04 Å². The van der Waals surface area contributed by atoms with Gasteiger partial charge < -0.3 is 5.73 Å². The lowest BCUT2D eigenvalue weighted by molar-refractivity contribution is 0.404. The van der Waals surface area contributed by atoms with E-state index >= 15 is 0 Å². The van der Waals surface area contributed by atoms with Crippen LogP contribution < -0.4 is 5.73 Å². The van der Waals surface area contributed by atoms with E-state index in [1.165, 1.54) is 18.4 Å². The SMILES string of the molecule is CC(C(N)Cc1ccc(Cl)c(Cl)c1)C1CC1. The summed E-state index contributed by atoms with van der Waals surface area (Å²) in [7, 11) is 0. The highest BCUT2D eigenvalue weighted by Crippen LogP contribution is 2.38. The molecule has 1 saturated carbocycles. The number of nitrogens with two attached hydrogens (primary N) is 1. The monoisotopic (exact) mass is 257 g/mol. The maximum atomic E-state index is 6.20. The van der Waals surface area contributed by atoms with Gasteiger partial charge >= 0.3 is 0 Å². The molecule has 2 unspecified atom stereocenters. The van der Waals surface area contributed by atoms with E-state index in [9.17, 15) is 0 Å². The lowest BCUT2D eigenvalue weighted by Gasteiger charge is -2.19. The standard InChI is InChI=1S/C13H17Cl2N/c1-8(10-3-4-10)13(16)7-9-2-5-11(14)12(15)6-9/h2,5-6,8,10,13H,3-4,7,16H2,1H3. The van der Waals surface area contributed by atoms with Crippen molar-refractivity contribution in [2.24, 2.45) is 17.6 Å². The molecule has 1 nitrogen and oxygen atoms in total. The highest BCUT2D eigenvalue weighted by molar-refractivity contribution is 6.42. The summed E-state index contributed by atoms with van der Waals surface area (Å²) >= 11 is 11.9. The normalized spacial score (nSPS) is 19.5. The molecule has 0 heterocycles. The van der Waals surface area contributed by atoms with Gasteiger partial charge in [0.15, 0.2) is 0 Å². The summed E-state index contributed by atoms with van der Waals surface area (Å²) in [5, 5.41) is 1.22. The van der Waals surface area contributed by atoms with Gasteiger partial charge in [0.05, 0.1) is 10.0 Å². The number of hydrogen-bond donors (Lipinski definition) is 1. The molecule has 1 aromatic rings. The van der Waals surface area contributed by atoms with Crippen LogP contribution >= 0.6 is 23.2 Å². The van der Waals surface area contributed by atoms with Gasteiger partial charge in [-0.3, -0.25) is 0 Å². The molecule has 0 saturated heterocycles. The Kier molecular flexibility index (Phi) is 3.78. The van der Waals surface area contributed by atoms with Gasteiger partial charge in [0.1, 0.15) is 0 Å². The Morgan fingerprint density at radius 3 is 2.56 bits per heavy atom. The van der Waals surface area contributed by atoms with Crippen LogP contribution in [0.1, 0.15) is 25.3 Å². The van der Waals surface area contributed by atoms with Crippen molar-refractivity contribution >= 4 is 23.2 Å². The molecule has 1 aromatic carbocycles. The third-order valence-corrected chi connectivity index (χ3v) is 4.24. The maximum Gasteiger partial charge on any atom is 0.0595 e. The van der Waals surface area contributed by atoms with E-state index in [1.54, 1.807) is 0 Å². The molecule has 2 N–H and O–H groups in total. The number of rotatable bonds is 4. The molecule has 0 spiro atoms. The molecule has 16 heavy (non-hydrogen) atoms. The molecule has 1 fully saturated rings. The minimum atomic E-state index is 0.227. The Bertz CT molecular complexity index is 374. The lowest BCUT2D eigenvalue weighted by atomic mass is 9.92. The highest BCUT2D eigenvalue weighted by atomic mass is 35.5. The van der Waals surface area contributed by atoms with E-state index < -0.39 is 0 Å². The van der Waals surface area contributed by atoms with Crippen LogP contribution in [-0.4, -0.2) is 6.04 Å². The Morgan fingerprint density at radius 1 is 1.31 bits per heavy atom. The first-order chi connectivity index (χ1) is 7.58. The Hall–Kier alpha value is -0.240. The van der Waals surface area contributed by atoms with Gasteiger partial charge in [-0.1, -0.05) is 36.2 Å². The summed E-state index contributed by atoms with van der Waals surface area (Å²) in [5.74, 6) is 1.45. The molecule has 0 bridgehead atoms. The van der Waals surface area contributed by atoms with Crippen molar-refractivity contribution in [2.45, 2.75) is 32.2 Å². The second-order valence-electron chi connectivity index (χ2n) is 4.81. The van der Waals surface area contributed by atoms with Crippen molar-refractivity contribution in [2.75, 3.05) is 0 Å². The second kappa shape index (κ2) is 4.95. The summed E-state index contributed by atoms with van der Waals surface area (Å²) < 4.78 is 0. The van der Waals surface area contributed by atoms with Crippen LogP contribution in [0.3, 0.4) is 0 Å². The quantitative estimate of drug-likeness (QED) is 0.870. The molecule has 0 radical (unpaired) electrons. The molecule has 2 rings (SSSR count). The zero-order valence-electron chi connectivity index (χ0n) is 9.42.